The van der Waals surface area contributed by atoms with Crippen LogP contribution in [0.1, 0.15) is 19.4 Å². The van der Waals surface area contributed by atoms with E-state index in [1.807, 2.05) is 49.1 Å². The first kappa shape index (κ1) is 13.8. The monoisotopic (exact) mass is 260 g/mol. The fourth-order valence-electron chi connectivity index (χ4n) is 2.23. The van der Waals surface area contributed by atoms with Gasteiger partial charge in [-0.2, -0.15) is 0 Å². The third kappa shape index (κ3) is 2.85. The Kier molecular flexibility index (Phi) is 4.35. The van der Waals surface area contributed by atoms with Gasteiger partial charge in [0.2, 0.25) is 0 Å². The van der Waals surface area contributed by atoms with Gasteiger partial charge in [-0.05, 0) is 26.0 Å². The van der Waals surface area contributed by atoms with Crippen molar-refractivity contribution >= 4 is 16.7 Å². The smallest absolute Gasteiger partial charge is 0.135 e. The van der Waals surface area contributed by atoms with E-state index in [0.29, 0.717) is 6.54 Å². The first-order chi connectivity index (χ1) is 9.17. The summed E-state index contributed by atoms with van der Waals surface area (Å²) >= 11 is 0. The Labute approximate surface area is 113 Å². The second-order valence-corrected chi connectivity index (χ2v) is 4.83. The van der Waals surface area contributed by atoms with Crippen molar-refractivity contribution in [2.24, 2.45) is 0 Å². The van der Waals surface area contributed by atoms with E-state index < -0.39 is 0 Å². The van der Waals surface area contributed by atoms with Crippen molar-refractivity contribution in [2.45, 2.75) is 26.5 Å². The number of aromatic nitrogens is 1. The molecule has 0 bridgehead atoms. The average molecular weight is 260 g/mol. The summed E-state index contributed by atoms with van der Waals surface area (Å²) in [5.74, 6) is 0.755. The molecule has 4 heteroatoms. The molecule has 0 spiro atoms. The molecule has 19 heavy (non-hydrogen) atoms. The van der Waals surface area contributed by atoms with Crippen molar-refractivity contribution in [1.29, 1.82) is 0 Å². The molecule has 0 aliphatic carbocycles. The minimum absolute atomic E-state index is 0.0538. The summed E-state index contributed by atoms with van der Waals surface area (Å²) in [6.45, 7) is 4.62. The first-order valence-corrected chi connectivity index (χ1v) is 6.54. The predicted octanol–water partition coefficient (Wildman–Crippen LogP) is 1.93. The van der Waals surface area contributed by atoms with Crippen LogP contribution >= 0.6 is 0 Å². The highest BCUT2D eigenvalue weighted by Gasteiger charge is 2.16. The lowest BCUT2D eigenvalue weighted by molar-refractivity contribution is 0.279. The molecule has 0 aliphatic rings. The van der Waals surface area contributed by atoms with E-state index in [4.69, 9.17) is 0 Å². The van der Waals surface area contributed by atoms with Crippen LogP contribution in [0.5, 0.6) is 0 Å². The van der Waals surface area contributed by atoms with Crippen molar-refractivity contribution < 1.29 is 10.2 Å². The molecule has 1 aromatic heterocycles. The van der Waals surface area contributed by atoms with E-state index >= 15 is 0 Å². The molecule has 2 N–H and O–H groups in total. The summed E-state index contributed by atoms with van der Waals surface area (Å²) in [5, 5.41) is 19.8. The Morgan fingerprint density at radius 2 is 1.95 bits per heavy atom. The van der Waals surface area contributed by atoms with Crippen LogP contribution < -0.4 is 4.90 Å². The Morgan fingerprint density at radius 1 is 1.21 bits per heavy atom. The third-order valence-corrected chi connectivity index (χ3v) is 3.19. The molecule has 0 unspecified atom stereocenters. The summed E-state index contributed by atoms with van der Waals surface area (Å²) in [5.41, 5.74) is 1.69. The molecule has 0 amide bonds. The summed E-state index contributed by atoms with van der Waals surface area (Å²) in [6, 6.07) is 10.0. The molecular formula is C15H20N2O2. The fourth-order valence-corrected chi connectivity index (χ4v) is 2.23. The first-order valence-electron chi connectivity index (χ1n) is 6.54. The van der Waals surface area contributed by atoms with Gasteiger partial charge >= 0.3 is 0 Å². The maximum atomic E-state index is 9.55. The summed E-state index contributed by atoms with van der Waals surface area (Å²) in [4.78, 5) is 6.65. The van der Waals surface area contributed by atoms with E-state index in [2.05, 4.69) is 4.98 Å². The number of para-hydroxylation sites is 1. The second kappa shape index (κ2) is 5.99. The van der Waals surface area contributed by atoms with Gasteiger partial charge in [0, 0.05) is 23.5 Å². The van der Waals surface area contributed by atoms with Crippen LogP contribution in [0.4, 0.5) is 5.82 Å². The Balaban J connectivity index is 2.55. The van der Waals surface area contributed by atoms with Crippen LogP contribution in [0.3, 0.4) is 0 Å². The number of hydrogen-bond donors (Lipinski definition) is 2. The van der Waals surface area contributed by atoms with Gasteiger partial charge in [0.25, 0.3) is 0 Å². The Morgan fingerprint density at radius 3 is 2.58 bits per heavy atom. The van der Waals surface area contributed by atoms with Crippen LogP contribution in [0.15, 0.2) is 30.3 Å². The molecule has 2 rings (SSSR count). The topological polar surface area (TPSA) is 56.6 Å². The van der Waals surface area contributed by atoms with Crippen molar-refractivity contribution in [3.63, 3.8) is 0 Å². The van der Waals surface area contributed by atoms with Gasteiger partial charge < -0.3 is 15.1 Å². The van der Waals surface area contributed by atoms with Crippen LogP contribution in [-0.2, 0) is 6.61 Å². The molecule has 0 aliphatic heterocycles. The van der Waals surface area contributed by atoms with Crippen LogP contribution in [0, 0.1) is 0 Å². The van der Waals surface area contributed by atoms with E-state index in [9.17, 15) is 10.2 Å². The zero-order valence-corrected chi connectivity index (χ0v) is 11.4. The van der Waals surface area contributed by atoms with Gasteiger partial charge in [0.1, 0.15) is 5.82 Å². The van der Waals surface area contributed by atoms with Gasteiger partial charge in [0.15, 0.2) is 0 Å². The fraction of sp³-hybridized carbons (Fsp3) is 0.400. The quantitative estimate of drug-likeness (QED) is 0.862. The van der Waals surface area contributed by atoms with Crippen molar-refractivity contribution in [2.75, 3.05) is 18.1 Å². The van der Waals surface area contributed by atoms with Gasteiger partial charge in [-0.25, -0.2) is 4.98 Å². The van der Waals surface area contributed by atoms with Gasteiger partial charge in [-0.15, -0.1) is 0 Å². The molecule has 1 heterocycles. The highest BCUT2D eigenvalue weighted by molar-refractivity contribution is 5.81. The molecule has 0 saturated heterocycles. The van der Waals surface area contributed by atoms with Crippen LogP contribution in [-0.4, -0.2) is 34.4 Å². The molecule has 4 nitrogen and oxygen atoms in total. The maximum Gasteiger partial charge on any atom is 0.135 e. The Bertz CT molecular complexity index is 555. The molecule has 2 aromatic rings. The lowest BCUT2D eigenvalue weighted by Crippen LogP contribution is -2.35. The maximum absolute atomic E-state index is 9.55. The van der Waals surface area contributed by atoms with E-state index in [0.717, 1.165) is 22.3 Å². The number of pyridine rings is 1. The lowest BCUT2D eigenvalue weighted by Gasteiger charge is -2.29. The molecule has 0 atom stereocenters. The number of hydrogen-bond acceptors (Lipinski definition) is 4. The number of rotatable bonds is 5. The zero-order valence-electron chi connectivity index (χ0n) is 11.4. The van der Waals surface area contributed by atoms with Crippen molar-refractivity contribution in [3.05, 3.63) is 35.9 Å². The number of nitrogens with zero attached hydrogens (tertiary/aromatic N) is 2. The lowest BCUT2D eigenvalue weighted by atomic mass is 10.1. The minimum atomic E-state index is -0.0538. The molecule has 0 radical (unpaired) electrons. The normalized spacial score (nSPS) is 11.2. The van der Waals surface area contributed by atoms with Crippen LogP contribution in [0.25, 0.3) is 10.9 Å². The molecule has 0 fully saturated rings. The Hall–Kier alpha value is -1.65. The summed E-state index contributed by atoms with van der Waals surface area (Å²) < 4.78 is 0. The average Bonchev–Trinajstić information content (AvgIpc) is 2.43. The highest BCUT2D eigenvalue weighted by atomic mass is 16.3. The second-order valence-electron chi connectivity index (χ2n) is 4.83. The molecule has 0 saturated carbocycles. The minimum Gasteiger partial charge on any atom is -0.395 e. The predicted molar refractivity (Wildman–Crippen MR) is 77.2 cm³/mol. The molecule has 102 valence electrons. The van der Waals surface area contributed by atoms with Crippen LogP contribution in [0.2, 0.25) is 0 Å². The van der Waals surface area contributed by atoms with Gasteiger partial charge in [-0.3, -0.25) is 0 Å². The van der Waals surface area contributed by atoms with Gasteiger partial charge in [-0.1, -0.05) is 18.2 Å². The van der Waals surface area contributed by atoms with Crippen molar-refractivity contribution in [3.8, 4) is 0 Å². The number of benzene rings is 1. The SMILES string of the molecule is CC(C)N(CCO)c1nc2ccccc2cc1CO. The standard InChI is InChI=1S/C15H20N2O2/c1-11(2)17(7-8-18)15-13(10-19)9-12-5-3-4-6-14(12)16-15/h3-6,9,11,18-19H,7-8,10H2,1-2H3. The number of aliphatic hydroxyl groups is 2. The molecular weight excluding hydrogens is 240 g/mol. The number of anilines is 1. The zero-order chi connectivity index (χ0) is 13.8. The van der Waals surface area contributed by atoms with Crippen molar-refractivity contribution in [1.82, 2.24) is 4.98 Å². The highest BCUT2D eigenvalue weighted by Crippen LogP contribution is 2.25. The van der Waals surface area contributed by atoms with E-state index in [1.54, 1.807) is 0 Å². The van der Waals surface area contributed by atoms with Gasteiger partial charge in [0.05, 0.1) is 18.7 Å². The molecule has 1 aromatic carbocycles. The summed E-state index contributed by atoms with van der Waals surface area (Å²) in [7, 11) is 0. The van der Waals surface area contributed by atoms with E-state index in [-0.39, 0.29) is 19.3 Å². The third-order valence-electron chi connectivity index (χ3n) is 3.19. The summed E-state index contributed by atoms with van der Waals surface area (Å²) in [6.07, 6.45) is 0. The largest absolute Gasteiger partial charge is 0.395 e. The van der Waals surface area contributed by atoms with E-state index in [1.165, 1.54) is 0 Å². The number of fused-ring (bicyclic) bond motifs is 1. The number of aliphatic hydroxyl groups excluding tert-OH is 2.